The highest BCUT2D eigenvalue weighted by Crippen LogP contribution is 2.74. The lowest BCUT2D eigenvalue weighted by atomic mass is 9.44. The van der Waals surface area contributed by atoms with Crippen molar-refractivity contribution >= 4 is 11.9 Å². The first kappa shape index (κ1) is 19.3. The molecule has 0 aromatic rings. The van der Waals surface area contributed by atoms with E-state index in [-0.39, 0.29) is 23.4 Å². The summed E-state index contributed by atoms with van der Waals surface area (Å²) in [6.07, 6.45) is 4.25. The van der Waals surface area contributed by atoms with Gasteiger partial charge in [-0.2, -0.15) is 0 Å². The van der Waals surface area contributed by atoms with Crippen LogP contribution in [0.3, 0.4) is 0 Å². The van der Waals surface area contributed by atoms with E-state index in [4.69, 9.17) is 18.9 Å². The second-order valence-electron chi connectivity index (χ2n) is 9.49. The quantitative estimate of drug-likeness (QED) is 0.722. The minimum Gasteiger partial charge on any atom is -0.458 e. The van der Waals surface area contributed by atoms with Crippen LogP contribution in [0.5, 0.6) is 0 Å². The molecule has 7 nitrogen and oxygen atoms in total. The number of hydrogen-bond donors (Lipinski definition) is 1. The Morgan fingerprint density at radius 3 is 2.69 bits per heavy atom. The Hall–Kier alpha value is -1.70. The lowest BCUT2D eigenvalue weighted by Crippen LogP contribution is -2.66. The minimum atomic E-state index is -1.40. The van der Waals surface area contributed by atoms with Crippen LogP contribution in [0.2, 0.25) is 0 Å². The van der Waals surface area contributed by atoms with Crippen molar-refractivity contribution in [3.05, 3.63) is 23.3 Å². The fourth-order valence-electron chi connectivity index (χ4n) is 6.94. The molecule has 0 unspecified atom stereocenters. The maximum absolute atomic E-state index is 12.7. The lowest BCUT2D eigenvalue weighted by molar-refractivity contribution is -0.285. The maximum Gasteiger partial charge on any atom is 0.334 e. The van der Waals surface area contributed by atoms with Crippen LogP contribution in [0.1, 0.15) is 53.4 Å². The molecule has 29 heavy (non-hydrogen) atoms. The molecule has 1 spiro atoms. The largest absolute Gasteiger partial charge is 0.458 e. The molecular weight excluding hydrogens is 376 g/mol. The van der Waals surface area contributed by atoms with Crippen molar-refractivity contribution in [2.45, 2.75) is 77.2 Å². The summed E-state index contributed by atoms with van der Waals surface area (Å²) in [5.41, 5.74) is -0.694. The number of aliphatic hydroxyl groups excluding tert-OH is 1. The van der Waals surface area contributed by atoms with Gasteiger partial charge in [0.1, 0.15) is 6.10 Å². The molecular formula is C22H28O7. The number of hydrogen-bond acceptors (Lipinski definition) is 7. The number of carbonyl (C=O) groups excluding carboxylic acids is 2. The topological polar surface area (TPSA) is 91.3 Å². The van der Waals surface area contributed by atoms with Crippen LogP contribution in [0.15, 0.2) is 23.3 Å². The molecule has 2 aliphatic carbocycles. The van der Waals surface area contributed by atoms with Crippen molar-refractivity contribution in [3.8, 4) is 0 Å². The van der Waals surface area contributed by atoms with Gasteiger partial charge in [-0.15, -0.1) is 0 Å². The van der Waals surface area contributed by atoms with Crippen LogP contribution in [0, 0.1) is 16.7 Å². The first-order valence-electron chi connectivity index (χ1n) is 10.5. The highest BCUT2D eigenvalue weighted by atomic mass is 16.7. The van der Waals surface area contributed by atoms with Gasteiger partial charge in [-0.3, -0.25) is 0 Å². The summed E-state index contributed by atoms with van der Waals surface area (Å²) in [5, 5.41) is 10.4. The number of rotatable bonds is 3. The molecule has 0 amide bonds. The molecule has 2 saturated heterocycles. The molecule has 0 aromatic heterocycles. The van der Waals surface area contributed by atoms with Crippen LogP contribution in [-0.2, 0) is 28.5 Å². The molecule has 0 aromatic carbocycles. The van der Waals surface area contributed by atoms with Crippen molar-refractivity contribution < 1.29 is 33.6 Å². The van der Waals surface area contributed by atoms with E-state index in [1.54, 1.807) is 0 Å². The number of esters is 2. The van der Waals surface area contributed by atoms with Crippen molar-refractivity contribution in [1.82, 2.24) is 0 Å². The fraction of sp³-hybridized carbons (Fsp3) is 0.727. The summed E-state index contributed by atoms with van der Waals surface area (Å²) in [5.74, 6) is -1.96. The summed E-state index contributed by atoms with van der Waals surface area (Å²) in [4.78, 5) is 24.6. The number of ether oxygens (including phenoxy) is 4. The molecule has 5 aliphatic rings. The average molecular weight is 404 g/mol. The van der Waals surface area contributed by atoms with Crippen LogP contribution in [0.25, 0.3) is 0 Å². The Morgan fingerprint density at radius 2 is 2.03 bits per heavy atom. The van der Waals surface area contributed by atoms with Crippen molar-refractivity contribution in [2.24, 2.45) is 16.7 Å². The third-order valence-corrected chi connectivity index (χ3v) is 8.46. The molecule has 3 fully saturated rings. The molecule has 0 bridgehead atoms. The van der Waals surface area contributed by atoms with Gasteiger partial charge in [-0.25, -0.2) is 9.59 Å². The van der Waals surface area contributed by atoms with Gasteiger partial charge in [-0.05, 0) is 39.0 Å². The van der Waals surface area contributed by atoms with E-state index in [9.17, 15) is 14.7 Å². The van der Waals surface area contributed by atoms with E-state index in [2.05, 4.69) is 20.8 Å². The Balaban J connectivity index is 1.71. The van der Waals surface area contributed by atoms with Crippen LogP contribution < -0.4 is 0 Å². The van der Waals surface area contributed by atoms with Crippen molar-refractivity contribution in [1.29, 1.82) is 0 Å². The van der Waals surface area contributed by atoms with Crippen molar-refractivity contribution in [2.75, 3.05) is 6.61 Å². The zero-order chi connectivity index (χ0) is 20.8. The van der Waals surface area contributed by atoms with E-state index in [1.807, 2.05) is 13.0 Å². The molecule has 1 N–H and O–H groups in total. The fourth-order valence-corrected chi connectivity index (χ4v) is 6.94. The van der Waals surface area contributed by atoms with Gasteiger partial charge >= 0.3 is 11.9 Å². The first-order chi connectivity index (χ1) is 13.6. The smallest absolute Gasteiger partial charge is 0.334 e. The zero-order valence-electron chi connectivity index (χ0n) is 17.3. The predicted molar refractivity (Wildman–Crippen MR) is 100 cm³/mol. The molecule has 7 atom stereocenters. The summed E-state index contributed by atoms with van der Waals surface area (Å²) < 4.78 is 23.9. The number of aliphatic hydroxyl groups is 1. The van der Waals surface area contributed by atoms with Gasteiger partial charge in [0.05, 0.1) is 16.6 Å². The highest BCUT2D eigenvalue weighted by molar-refractivity contribution is 5.93. The van der Waals surface area contributed by atoms with E-state index in [0.29, 0.717) is 37.0 Å². The highest BCUT2D eigenvalue weighted by Gasteiger charge is 2.79. The van der Waals surface area contributed by atoms with Gasteiger partial charge in [0, 0.05) is 30.1 Å². The SMILES string of the molecule is CCO[C@@]1(C2=CC(=O)O[C@H]2O)C[C@]2(C)[C@@H](C)C[C@H]3OC(=O)C4=CCC[C@]2(O1)[C@]43C. The lowest BCUT2D eigenvalue weighted by Gasteiger charge is -2.60. The van der Waals surface area contributed by atoms with Gasteiger partial charge in [-0.1, -0.05) is 19.9 Å². The third-order valence-electron chi connectivity index (χ3n) is 8.46. The molecule has 3 heterocycles. The number of carbonyl (C=O) groups is 2. The van der Waals surface area contributed by atoms with Crippen LogP contribution >= 0.6 is 0 Å². The van der Waals surface area contributed by atoms with Gasteiger partial charge < -0.3 is 24.1 Å². The average Bonchev–Trinajstić information content (AvgIpc) is 3.21. The van der Waals surface area contributed by atoms with E-state index in [1.165, 1.54) is 6.08 Å². The van der Waals surface area contributed by atoms with E-state index >= 15 is 0 Å². The summed E-state index contributed by atoms with van der Waals surface area (Å²) in [7, 11) is 0. The standard InChI is InChI=1S/C22H28O7/c1-5-26-21(14-10-16(23)28-18(14)25)11-19(3)12(2)9-15-20(4)13(17(24)27-15)7-6-8-22(19,20)29-21/h7,10,12,15,18,25H,5-6,8-9,11H2,1-4H3/t12-,15+,18+,19+,20+,21-,22+/m0/s1. The van der Waals surface area contributed by atoms with Crippen LogP contribution in [0.4, 0.5) is 0 Å². The first-order valence-corrected chi connectivity index (χ1v) is 10.5. The van der Waals surface area contributed by atoms with E-state index < -0.39 is 29.1 Å². The number of allylic oxidation sites excluding steroid dienone is 1. The number of cyclic esters (lactones) is 1. The van der Waals surface area contributed by atoms with E-state index in [0.717, 1.165) is 6.42 Å². The Morgan fingerprint density at radius 1 is 1.28 bits per heavy atom. The molecule has 7 heteroatoms. The third kappa shape index (κ3) is 2.04. The monoisotopic (exact) mass is 404 g/mol. The summed E-state index contributed by atoms with van der Waals surface area (Å²) in [6, 6.07) is 0. The second kappa shape index (κ2) is 5.71. The maximum atomic E-state index is 12.7. The van der Waals surface area contributed by atoms with Gasteiger partial charge in [0.15, 0.2) is 5.79 Å². The van der Waals surface area contributed by atoms with Gasteiger partial charge in [0.2, 0.25) is 6.29 Å². The minimum absolute atomic E-state index is 0.184. The predicted octanol–water partition coefficient (Wildman–Crippen LogP) is 2.38. The normalized spacial score (nSPS) is 50.4. The summed E-state index contributed by atoms with van der Waals surface area (Å²) in [6.45, 7) is 8.63. The Bertz CT molecular complexity index is 861. The molecule has 0 radical (unpaired) electrons. The molecule has 1 saturated carbocycles. The molecule has 158 valence electrons. The van der Waals surface area contributed by atoms with Crippen LogP contribution in [-0.4, -0.2) is 47.4 Å². The Kier molecular flexibility index (Phi) is 3.79. The Labute approximate surface area is 170 Å². The van der Waals surface area contributed by atoms with Gasteiger partial charge in [0.25, 0.3) is 0 Å². The van der Waals surface area contributed by atoms with Crippen molar-refractivity contribution in [3.63, 3.8) is 0 Å². The second-order valence-corrected chi connectivity index (χ2v) is 9.49. The molecule has 5 rings (SSSR count). The zero-order valence-corrected chi connectivity index (χ0v) is 17.3. The summed E-state index contributed by atoms with van der Waals surface area (Å²) >= 11 is 0. The molecule has 3 aliphatic heterocycles.